The van der Waals surface area contributed by atoms with Gasteiger partial charge in [0.2, 0.25) is 0 Å². The number of hydrogen-bond donors (Lipinski definition) is 2. The summed E-state index contributed by atoms with van der Waals surface area (Å²) in [5.41, 5.74) is 2.24. The van der Waals surface area contributed by atoms with Gasteiger partial charge in [-0.1, -0.05) is 57.9 Å². The third kappa shape index (κ3) is 3.30. The third-order valence-electron chi connectivity index (χ3n) is 4.39. The van der Waals surface area contributed by atoms with Crippen LogP contribution in [0.15, 0.2) is 58.6 Å². The number of aliphatic hydroxyl groups is 2. The molecule has 1 amide bonds. The molecule has 1 fully saturated rings. The molecule has 1 unspecified atom stereocenters. The van der Waals surface area contributed by atoms with Gasteiger partial charge in [0.05, 0.1) is 18.2 Å². The molecular weight excluding hydrogens is 398 g/mol. The number of aryl methyl sites for hydroxylation is 1. The number of carbonyl (C=O) groups excluding carboxylic acids is 2. The summed E-state index contributed by atoms with van der Waals surface area (Å²) < 4.78 is 0.838. The van der Waals surface area contributed by atoms with E-state index in [1.807, 2.05) is 31.2 Å². The quantitative estimate of drug-likeness (QED) is 0.456. The maximum Gasteiger partial charge on any atom is 0.295 e. The maximum absolute atomic E-state index is 12.6. The van der Waals surface area contributed by atoms with Crippen molar-refractivity contribution >= 4 is 33.4 Å². The molecule has 1 aliphatic rings. The fourth-order valence-electron chi connectivity index (χ4n) is 3.08. The number of nitrogens with zero attached hydrogens (tertiary/aromatic N) is 1. The molecule has 0 radical (unpaired) electrons. The molecule has 134 valence electrons. The molecule has 5 nitrogen and oxygen atoms in total. The second-order valence-electron chi connectivity index (χ2n) is 6.13. The van der Waals surface area contributed by atoms with Crippen LogP contribution >= 0.6 is 15.9 Å². The van der Waals surface area contributed by atoms with Crippen LogP contribution in [0, 0.1) is 6.92 Å². The van der Waals surface area contributed by atoms with Crippen molar-refractivity contribution in [1.29, 1.82) is 0 Å². The molecule has 1 aliphatic heterocycles. The average Bonchev–Trinajstić information content (AvgIpc) is 2.88. The summed E-state index contributed by atoms with van der Waals surface area (Å²) in [4.78, 5) is 26.4. The lowest BCUT2D eigenvalue weighted by Gasteiger charge is -2.24. The molecule has 0 bridgehead atoms. The van der Waals surface area contributed by atoms with Crippen molar-refractivity contribution in [2.45, 2.75) is 13.0 Å². The van der Waals surface area contributed by atoms with Crippen molar-refractivity contribution in [1.82, 2.24) is 4.90 Å². The van der Waals surface area contributed by atoms with E-state index in [9.17, 15) is 19.8 Å². The van der Waals surface area contributed by atoms with Crippen molar-refractivity contribution in [2.24, 2.45) is 0 Å². The van der Waals surface area contributed by atoms with Crippen molar-refractivity contribution in [2.75, 3.05) is 13.2 Å². The highest BCUT2D eigenvalue weighted by Crippen LogP contribution is 2.39. The van der Waals surface area contributed by atoms with Crippen LogP contribution in [-0.4, -0.2) is 40.0 Å². The number of hydrogen-bond acceptors (Lipinski definition) is 4. The standard InChI is InChI=1S/C20H18BrNO4/c1-12-2-4-13(5-3-12)17-16(19(25)20(26)22(17)10-11-23)18(24)14-6-8-15(21)9-7-14/h2-9,17,23-24H,10-11H2,1H3/b18-16+. The van der Waals surface area contributed by atoms with Gasteiger partial charge in [-0.2, -0.15) is 0 Å². The van der Waals surface area contributed by atoms with E-state index in [4.69, 9.17) is 0 Å². The first-order valence-electron chi connectivity index (χ1n) is 8.16. The molecule has 0 aromatic heterocycles. The van der Waals surface area contributed by atoms with Crippen LogP contribution in [-0.2, 0) is 9.59 Å². The normalized spacial score (nSPS) is 19.2. The van der Waals surface area contributed by atoms with Crippen molar-refractivity contribution in [3.8, 4) is 0 Å². The zero-order valence-corrected chi connectivity index (χ0v) is 15.7. The van der Waals surface area contributed by atoms with E-state index in [1.165, 1.54) is 4.90 Å². The number of halogens is 1. The highest BCUT2D eigenvalue weighted by atomic mass is 79.9. The Bertz CT molecular complexity index is 872. The number of carbonyl (C=O) groups is 2. The summed E-state index contributed by atoms with van der Waals surface area (Å²) in [6.45, 7) is 1.68. The molecule has 0 spiro atoms. The van der Waals surface area contributed by atoms with E-state index in [0.717, 1.165) is 10.0 Å². The minimum Gasteiger partial charge on any atom is -0.507 e. The Labute approximate surface area is 159 Å². The minimum atomic E-state index is -0.746. The van der Waals surface area contributed by atoms with Crippen molar-refractivity contribution in [3.63, 3.8) is 0 Å². The molecule has 2 aromatic rings. The number of rotatable bonds is 4. The number of likely N-dealkylation sites (tertiary alicyclic amines) is 1. The topological polar surface area (TPSA) is 77.8 Å². The number of amides is 1. The molecule has 1 atom stereocenters. The summed E-state index contributed by atoms with van der Waals surface area (Å²) >= 11 is 3.33. The maximum atomic E-state index is 12.6. The van der Waals surface area contributed by atoms with Gasteiger partial charge in [-0.15, -0.1) is 0 Å². The Kier molecular flexibility index (Phi) is 5.25. The predicted molar refractivity (Wildman–Crippen MR) is 101 cm³/mol. The van der Waals surface area contributed by atoms with Crippen LogP contribution in [0.1, 0.15) is 22.7 Å². The Morgan fingerprint density at radius 1 is 1.08 bits per heavy atom. The second-order valence-corrected chi connectivity index (χ2v) is 7.05. The molecule has 3 rings (SSSR count). The van der Waals surface area contributed by atoms with Crippen molar-refractivity contribution in [3.05, 3.63) is 75.3 Å². The van der Waals surface area contributed by atoms with Crippen LogP contribution in [0.25, 0.3) is 5.76 Å². The van der Waals surface area contributed by atoms with Crippen LogP contribution in [0.5, 0.6) is 0 Å². The van der Waals surface area contributed by atoms with Gasteiger partial charge in [0.1, 0.15) is 5.76 Å². The molecule has 2 N–H and O–H groups in total. The number of Topliss-reactive ketones (excluding diaryl/α,β-unsaturated/α-hetero) is 1. The van der Waals surface area contributed by atoms with Gasteiger partial charge in [0.25, 0.3) is 11.7 Å². The fraction of sp³-hybridized carbons (Fsp3) is 0.200. The Balaban J connectivity index is 2.17. The van der Waals surface area contributed by atoms with Gasteiger partial charge >= 0.3 is 0 Å². The third-order valence-corrected chi connectivity index (χ3v) is 4.92. The van der Waals surface area contributed by atoms with E-state index in [1.54, 1.807) is 24.3 Å². The van der Waals surface area contributed by atoms with Crippen LogP contribution in [0.2, 0.25) is 0 Å². The number of ketones is 1. The van der Waals surface area contributed by atoms with E-state index >= 15 is 0 Å². The van der Waals surface area contributed by atoms with E-state index in [0.29, 0.717) is 11.1 Å². The minimum absolute atomic E-state index is 0.0141. The lowest BCUT2D eigenvalue weighted by atomic mass is 9.95. The molecule has 26 heavy (non-hydrogen) atoms. The SMILES string of the molecule is Cc1ccc(C2/C(=C(\O)c3ccc(Br)cc3)C(=O)C(=O)N2CCO)cc1. The monoisotopic (exact) mass is 415 g/mol. The number of β-amino-alcohol motifs (C(OH)–C–C–N with tert-alkyl or cyclic N) is 1. The fourth-order valence-corrected chi connectivity index (χ4v) is 3.34. The van der Waals surface area contributed by atoms with Crippen LogP contribution in [0.4, 0.5) is 0 Å². The zero-order chi connectivity index (χ0) is 18.8. The summed E-state index contributed by atoms with van der Waals surface area (Å²) in [5.74, 6) is -1.69. The zero-order valence-electron chi connectivity index (χ0n) is 14.1. The summed E-state index contributed by atoms with van der Waals surface area (Å²) in [5, 5.41) is 20.1. The van der Waals surface area contributed by atoms with Gasteiger partial charge in [0.15, 0.2) is 0 Å². The summed E-state index contributed by atoms with van der Waals surface area (Å²) in [6.07, 6.45) is 0. The van der Waals surface area contributed by atoms with E-state index in [2.05, 4.69) is 15.9 Å². The highest BCUT2D eigenvalue weighted by Gasteiger charge is 2.45. The average molecular weight is 416 g/mol. The van der Waals surface area contributed by atoms with Gasteiger partial charge in [-0.05, 0) is 24.6 Å². The molecule has 2 aromatic carbocycles. The van der Waals surface area contributed by atoms with Crippen LogP contribution < -0.4 is 0 Å². The van der Waals surface area contributed by atoms with E-state index < -0.39 is 17.7 Å². The molecule has 1 saturated heterocycles. The second kappa shape index (κ2) is 7.43. The Morgan fingerprint density at radius 2 is 1.69 bits per heavy atom. The van der Waals surface area contributed by atoms with Gasteiger partial charge in [0, 0.05) is 16.6 Å². The lowest BCUT2D eigenvalue weighted by Crippen LogP contribution is -2.32. The highest BCUT2D eigenvalue weighted by molar-refractivity contribution is 9.10. The van der Waals surface area contributed by atoms with Crippen molar-refractivity contribution < 1.29 is 19.8 Å². The first-order valence-corrected chi connectivity index (χ1v) is 8.95. The molecule has 1 heterocycles. The Morgan fingerprint density at radius 3 is 2.27 bits per heavy atom. The predicted octanol–water partition coefficient (Wildman–Crippen LogP) is 3.17. The van der Waals surface area contributed by atoms with Gasteiger partial charge in [-0.3, -0.25) is 9.59 Å². The first kappa shape index (κ1) is 18.4. The summed E-state index contributed by atoms with van der Waals surface area (Å²) in [7, 11) is 0. The molecule has 0 saturated carbocycles. The molecule has 6 heteroatoms. The number of aliphatic hydroxyl groups excluding tert-OH is 2. The number of benzene rings is 2. The lowest BCUT2D eigenvalue weighted by molar-refractivity contribution is -0.140. The van der Waals surface area contributed by atoms with E-state index in [-0.39, 0.29) is 24.5 Å². The van der Waals surface area contributed by atoms with Gasteiger partial charge in [-0.25, -0.2) is 0 Å². The molecular formula is C20H18BrNO4. The largest absolute Gasteiger partial charge is 0.507 e. The van der Waals surface area contributed by atoms with Gasteiger partial charge < -0.3 is 15.1 Å². The smallest absolute Gasteiger partial charge is 0.295 e. The summed E-state index contributed by atoms with van der Waals surface area (Å²) in [6, 6.07) is 13.5. The molecule has 0 aliphatic carbocycles. The van der Waals surface area contributed by atoms with Crippen LogP contribution in [0.3, 0.4) is 0 Å². The Hall–Kier alpha value is -2.44. The first-order chi connectivity index (χ1) is 12.4.